The maximum absolute atomic E-state index is 12.3. The van der Waals surface area contributed by atoms with E-state index in [-0.39, 0.29) is 23.8 Å². The number of hydrogen-bond donors (Lipinski definition) is 2. The van der Waals surface area contributed by atoms with Crippen molar-refractivity contribution in [3.63, 3.8) is 0 Å². The van der Waals surface area contributed by atoms with Crippen molar-refractivity contribution in [3.05, 3.63) is 35.9 Å². The first-order chi connectivity index (χ1) is 11.6. The van der Waals surface area contributed by atoms with Gasteiger partial charge in [-0.3, -0.25) is 14.4 Å². The Morgan fingerprint density at radius 3 is 2.46 bits per heavy atom. The van der Waals surface area contributed by atoms with Crippen LogP contribution in [0.2, 0.25) is 0 Å². The zero-order valence-electron chi connectivity index (χ0n) is 13.7. The minimum absolute atomic E-state index is 0.0348. The molecule has 2 heterocycles. The van der Waals surface area contributed by atoms with E-state index in [0.29, 0.717) is 44.0 Å². The predicted octanol–water partition coefficient (Wildman–Crippen LogP) is 0.934. The summed E-state index contributed by atoms with van der Waals surface area (Å²) in [6.07, 6.45) is 2.80. The van der Waals surface area contributed by atoms with Crippen molar-refractivity contribution in [1.29, 1.82) is 0 Å². The average Bonchev–Trinajstić information content (AvgIpc) is 3.06. The molecule has 2 fully saturated rings. The van der Waals surface area contributed by atoms with Gasteiger partial charge in [-0.25, -0.2) is 0 Å². The van der Waals surface area contributed by atoms with E-state index in [1.807, 2.05) is 23.1 Å². The fraction of sp³-hybridized carbons (Fsp3) is 0.500. The number of hydrogen-bond acceptors (Lipinski definition) is 3. The standard InChI is InChI=1S/C18H23N3O3/c22-16-7-6-15(20-16)18(24)21-10-8-13(9-11-21)12-19-17(23)14-4-2-1-3-5-14/h1-5,13,15H,6-12H2,(H,19,23)(H,20,22). The fourth-order valence-electron chi connectivity index (χ4n) is 3.31. The zero-order chi connectivity index (χ0) is 16.9. The lowest BCUT2D eigenvalue weighted by Gasteiger charge is -2.33. The van der Waals surface area contributed by atoms with Crippen molar-refractivity contribution in [2.45, 2.75) is 31.7 Å². The molecule has 2 aliphatic heterocycles. The average molecular weight is 329 g/mol. The van der Waals surface area contributed by atoms with Crippen LogP contribution in [0, 0.1) is 5.92 Å². The molecule has 0 aromatic heterocycles. The van der Waals surface area contributed by atoms with Crippen molar-refractivity contribution >= 4 is 17.7 Å². The molecule has 6 heteroatoms. The van der Waals surface area contributed by atoms with Crippen LogP contribution in [0.4, 0.5) is 0 Å². The van der Waals surface area contributed by atoms with Gasteiger partial charge in [0, 0.05) is 31.6 Å². The molecule has 24 heavy (non-hydrogen) atoms. The van der Waals surface area contributed by atoms with Gasteiger partial charge >= 0.3 is 0 Å². The SMILES string of the molecule is O=C1CCC(C(=O)N2CCC(CNC(=O)c3ccccc3)CC2)N1. The second-order valence-electron chi connectivity index (χ2n) is 6.50. The minimum atomic E-state index is -0.341. The molecule has 0 radical (unpaired) electrons. The van der Waals surface area contributed by atoms with Gasteiger partial charge in [-0.15, -0.1) is 0 Å². The summed E-state index contributed by atoms with van der Waals surface area (Å²) in [4.78, 5) is 37.5. The number of benzene rings is 1. The molecule has 3 rings (SSSR count). The Balaban J connectivity index is 1.41. The number of nitrogens with one attached hydrogen (secondary N) is 2. The van der Waals surface area contributed by atoms with E-state index >= 15 is 0 Å². The summed E-state index contributed by atoms with van der Waals surface area (Å²) in [5, 5.41) is 5.71. The van der Waals surface area contributed by atoms with Gasteiger partial charge in [0.15, 0.2) is 0 Å². The molecule has 6 nitrogen and oxygen atoms in total. The molecule has 0 spiro atoms. The molecule has 1 atom stereocenters. The second-order valence-corrected chi connectivity index (χ2v) is 6.50. The third-order valence-corrected chi connectivity index (χ3v) is 4.81. The first-order valence-electron chi connectivity index (χ1n) is 8.55. The summed E-state index contributed by atoms with van der Waals surface area (Å²) < 4.78 is 0. The van der Waals surface area contributed by atoms with Crippen LogP contribution in [0.5, 0.6) is 0 Å². The van der Waals surface area contributed by atoms with Crippen LogP contribution >= 0.6 is 0 Å². The van der Waals surface area contributed by atoms with Gasteiger partial charge in [-0.05, 0) is 37.3 Å². The topological polar surface area (TPSA) is 78.5 Å². The summed E-state index contributed by atoms with van der Waals surface area (Å²) in [6, 6.07) is 8.84. The first-order valence-corrected chi connectivity index (χ1v) is 8.55. The Labute approximate surface area is 141 Å². The second kappa shape index (κ2) is 7.47. The largest absolute Gasteiger partial charge is 0.352 e. The molecular weight excluding hydrogens is 306 g/mol. The first kappa shape index (κ1) is 16.5. The van der Waals surface area contributed by atoms with Crippen molar-refractivity contribution in [1.82, 2.24) is 15.5 Å². The smallest absolute Gasteiger partial charge is 0.251 e. The molecule has 1 aromatic carbocycles. The van der Waals surface area contributed by atoms with Gasteiger partial charge in [0.2, 0.25) is 11.8 Å². The molecule has 2 N–H and O–H groups in total. The van der Waals surface area contributed by atoms with Gasteiger partial charge in [0.05, 0.1) is 0 Å². The Hall–Kier alpha value is -2.37. The quantitative estimate of drug-likeness (QED) is 0.863. The van der Waals surface area contributed by atoms with Crippen molar-refractivity contribution in [3.8, 4) is 0 Å². The van der Waals surface area contributed by atoms with Crippen LogP contribution in [-0.4, -0.2) is 48.3 Å². The number of amides is 3. The Bertz CT molecular complexity index is 609. The van der Waals surface area contributed by atoms with Crippen LogP contribution < -0.4 is 10.6 Å². The number of piperidine rings is 1. The maximum Gasteiger partial charge on any atom is 0.251 e. The minimum Gasteiger partial charge on any atom is -0.352 e. The molecule has 128 valence electrons. The van der Waals surface area contributed by atoms with Crippen molar-refractivity contribution in [2.75, 3.05) is 19.6 Å². The number of likely N-dealkylation sites (tertiary alicyclic amines) is 1. The fourth-order valence-corrected chi connectivity index (χ4v) is 3.31. The van der Waals surface area contributed by atoms with Gasteiger partial charge in [0.1, 0.15) is 6.04 Å². The molecular formula is C18H23N3O3. The van der Waals surface area contributed by atoms with Crippen LogP contribution in [0.1, 0.15) is 36.0 Å². The summed E-state index contributed by atoms with van der Waals surface area (Å²) in [7, 11) is 0. The molecule has 1 aromatic rings. The zero-order valence-corrected chi connectivity index (χ0v) is 13.7. The van der Waals surface area contributed by atoms with Crippen LogP contribution in [0.25, 0.3) is 0 Å². The van der Waals surface area contributed by atoms with Gasteiger partial charge in [0.25, 0.3) is 5.91 Å². The van der Waals surface area contributed by atoms with Crippen LogP contribution in [0.15, 0.2) is 30.3 Å². The number of carbonyl (C=O) groups excluding carboxylic acids is 3. The van der Waals surface area contributed by atoms with Gasteiger partial charge in [-0.1, -0.05) is 18.2 Å². The Kier molecular flexibility index (Phi) is 5.13. The van der Waals surface area contributed by atoms with E-state index in [1.54, 1.807) is 12.1 Å². The lowest BCUT2D eigenvalue weighted by molar-refractivity contribution is -0.135. The molecule has 0 saturated carbocycles. The van der Waals surface area contributed by atoms with Crippen LogP contribution in [0.3, 0.4) is 0 Å². The monoisotopic (exact) mass is 329 g/mol. The molecule has 0 aliphatic carbocycles. The Morgan fingerprint density at radius 2 is 1.83 bits per heavy atom. The van der Waals surface area contributed by atoms with E-state index in [1.165, 1.54) is 0 Å². The van der Waals surface area contributed by atoms with E-state index in [4.69, 9.17) is 0 Å². The summed E-state index contributed by atoms with van der Waals surface area (Å²) in [6.45, 7) is 2.02. The molecule has 2 saturated heterocycles. The number of rotatable bonds is 4. The highest BCUT2D eigenvalue weighted by Crippen LogP contribution is 2.19. The third-order valence-electron chi connectivity index (χ3n) is 4.81. The molecule has 3 amide bonds. The summed E-state index contributed by atoms with van der Waals surface area (Å²) >= 11 is 0. The van der Waals surface area contributed by atoms with Gasteiger partial charge < -0.3 is 15.5 Å². The Morgan fingerprint density at radius 1 is 1.12 bits per heavy atom. The summed E-state index contributed by atoms with van der Waals surface area (Å²) in [5.74, 6) is 0.335. The number of carbonyl (C=O) groups is 3. The van der Waals surface area contributed by atoms with Crippen molar-refractivity contribution in [2.24, 2.45) is 5.92 Å². The lowest BCUT2D eigenvalue weighted by Crippen LogP contribution is -2.48. The highest BCUT2D eigenvalue weighted by atomic mass is 16.2. The van der Waals surface area contributed by atoms with Crippen LogP contribution in [-0.2, 0) is 9.59 Å². The highest BCUT2D eigenvalue weighted by Gasteiger charge is 2.32. The maximum atomic E-state index is 12.3. The third kappa shape index (κ3) is 3.93. The highest BCUT2D eigenvalue weighted by molar-refractivity contribution is 5.94. The normalized spacial score (nSPS) is 21.4. The van der Waals surface area contributed by atoms with Crippen molar-refractivity contribution < 1.29 is 14.4 Å². The van der Waals surface area contributed by atoms with E-state index in [9.17, 15) is 14.4 Å². The molecule has 2 aliphatic rings. The summed E-state index contributed by atoms with van der Waals surface area (Å²) in [5.41, 5.74) is 0.669. The predicted molar refractivity (Wildman–Crippen MR) is 89.2 cm³/mol. The molecule has 1 unspecified atom stereocenters. The van der Waals surface area contributed by atoms with E-state index in [2.05, 4.69) is 10.6 Å². The van der Waals surface area contributed by atoms with E-state index in [0.717, 1.165) is 12.8 Å². The van der Waals surface area contributed by atoms with E-state index < -0.39 is 0 Å². The number of nitrogens with zero attached hydrogens (tertiary/aromatic N) is 1. The lowest BCUT2D eigenvalue weighted by atomic mass is 9.96. The molecule has 0 bridgehead atoms. The van der Waals surface area contributed by atoms with Gasteiger partial charge in [-0.2, -0.15) is 0 Å².